The van der Waals surface area contributed by atoms with Gasteiger partial charge in [-0.25, -0.2) is 0 Å². The van der Waals surface area contributed by atoms with E-state index in [9.17, 15) is 10.1 Å². The average molecular weight is 598 g/mol. The number of rotatable bonds is 11. The van der Waals surface area contributed by atoms with Gasteiger partial charge in [0.05, 0.1) is 51.4 Å². The number of fused-ring (bicyclic) bond motifs is 1. The van der Waals surface area contributed by atoms with Crippen molar-refractivity contribution in [3.63, 3.8) is 0 Å². The number of amides is 1. The molecule has 41 heavy (non-hydrogen) atoms. The van der Waals surface area contributed by atoms with Crippen LogP contribution in [-0.4, -0.2) is 78.3 Å². The third-order valence-electron chi connectivity index (χ3n) is 6.87. The highest BCUT2D eigenvalue weighted by Gasteiger charge is 2.19. The Morgan fingerprint density at radius 2 is 1.90 bits per heavy atom. The van der Waals surface area contributed by atoms with Crippen molar-refractivity contribution in [1.82, 2.24) is 14.8 Å². The van der Waals surface area contributed by atoms with E-state index in [4.69, 9.17) is 38.0 Å². The van der Waals surface area contributed by atoms with E-state index in [0.717, 1.165) is 26.2 Å². The van der Waals surface area contributed by atoms with Gasteiger partial charge in [-0.3, -0.25) is 19.6 Å². The van der Waals surface area contributed by atoms with Crippen LogP contribution in [0.25, 0.3) is 10.9 Å². The van der Waals surface area contributed by atoms with Crippen molar-refractivity contribution in [2.24, 2.45) is 0 Å². The Morgan fingerprint density at radius 3 is 2.56 bits per heavy atom. The molecule has 0 bridgehead atoms. The summed E-state index contributed by atoms with van der Waals surface area (Å²) in [6, 6.07) is 11.0. The van der Waals surface area contributed by atoms with Crippen LogP contribution in [0.2, 0.25) is 10.0 Å². The Kier molecular flexibility index (Phi) is 10.8. The highest BCUT2D eigenvalue weighted by molar-refractivity contribution is 6.42. The van der Waals surface area contributed by atoms with Crippen LogP contribution in [0.4, 0.5) is 17.1 Å². The van der Waals surface area contributed by atoms with Crippen LogP contribution in [0.5, 0.6) is 5.75 Å². The van der Waals surface area contributed by atoms with Crippen molar-refractivity contribution >= 4 is 57.1 Å². The number of nitriles is 1. The summed E-state index contributed by atoms with van der Waals surface area (Å²) >= 11 is 12.3. The molecule has 11 heteroatoms. The van der Waals surface area contributed by atoms with E-state index in [0.29, 0.717) is 81.1 Å². The van der Waals surface area contributed by atoms with Gasteiger partial charge in [0, 0.05) is 62.5 Å². The third kappa shape index (κ3) is 7.67. The zero-order chi connectivity index (χ0) is 29.4. The molecule has 1 saturated heterocycles. The number of aliphatic hydroxyl groups is 1. The molecule has 1 fully saturated rings. The monoisotopic (exact) mass is 596 g/mol. The zero-order valence-electron chi connectivity index (χ0n) is 23.2. The van der Waals surface area contributed by atoms with Gasteiger partial charge in [-0.2, -0.15) is 5.26 Å². The van der Waals surface area contributed by atoms with Crippen molar-refractivity contribution in [1.29, 1.82) is 5.26 Å². The van der Waals surface area contributed by atoms with Gasteiger partial charge in [-0.05, 0) is 37.6 Å². The minimum Gasteiger partial charge on any atom is -0.492 e. The fraction of sp³-hybridized carbons (Fsp3) is 0.367. The van der Waals surface area contributed by atoms with Gasteiger partial charge < -0.3 is 20.5 Å². The first kappa shape index (κ1) is 30.6. The standard InChI is InChI=1S/C30H34Cl2N6O3/c1-3-25-22(19-33)30(34-20-7-8-23(31)24(32)16-20)21-17-27(28(41-4-2)18-26(21)35-25)36-29(40)6-5-9-37-10-12-38(13-11-37)14-15-39/h5-8,16-18,39H,3-4,9-15H2,1-2H3,(H,34,35)(H,36,40)/b6-5+. The Morgan fingerprint density at radius 1 is 1.15 bits per heavy atom. The van der Waals surface area contributed by atoms with E-state index >= 15 is 0 Å². The number of β-amino-alcohol motifs (C(OH)–C–C–N with tert-alkyl or cyclic N) is 1. The van der Waals surface area contributed by atoms with Gasteiger partial charge in [-0.15, -0.1) is 0 Å². The van der Waals surface area contributed by atoms with E-state index in [1.807, 2.05) is 19.9 Å². The SMILES string of the molecule is CCOc1cc2nc(CC)c(C#N)c(Nc3ccc(Cl)c(Cl)c3)c2cc1NC(=O)/C=C/CN1CCN(CCO)CC1. The lowest BCUT2D eigenvalue weighted by Gasteiger charge is -2.33. The van der Waals surface area contributed by atoms with Gasteiger partial charge in [-0.1, -0.05) is 36.2 Å². The molecular formula is C30H34Cl2N6O3. The maximum atomic E-state index is 12.9. The number of carbonyl (C=O) groups is 1. The predicted molar refractivity (Wildman–Crippen MR) is 164 cm³/mol. The highest BCUT2D eigenvalue weighted by atomic mass is 35.5. The number of aliphatic hydroxyl groups excluding tert-OH is 1. The summed E-state index contributed by atoms with van der Waals surface area (Å²) in [5.74, 6) is 0.198. The van der Waals surface area contributed by atoms with Crippen LogP contribution in [0.1, 0.15) is 25.1 Å². The maximum Gasteiger partial charge on any atom is 0.248 e. The summed E-state index contributed by atoms with van der Waals surface area (Å²) in [7, 11) is 0. The Labute approximate surface area is 250 Å². The number of hydrogen-bond donors (Lipinski definition) is 3. The molecule has 4 rings (SSSR count). The lowest BCUT2D eigenvalue weighted by atomic mass is 10.0. The number of pyridine rings is 1. The number of hydrogen-bond acceptors (Lipinski definition) is 8. The van der Waals surface area contributed by atoms with Crippen molar-refractivity contribution in [3.8, 4) is 11.8 Å². The maximum absolute atomic E-state index is 12.9. The first-order chi connectivity index (χ1) is 19.9. The van der Waals surface area contributed by atoms with Crippen molar-refractivity contribution < 1.29 is 14.6 Å². The van der Waals surface area contributed by atoms with E-state index in [1.54, 1.807) is 30.3 Å². The molecule has 9 nitrogen and oxygen atoms in total. The Bertz CT molecular complexity index is 1470. The minimum atomic E-state index is -0.290. The van der Waals surface area contributed by atoms with Crippen LogP contribution in [0.3, 0.4) is 0 Å². The average Bonchev–Trinajstić information content (AvgIpc) is 2.96. The number of carbonyl (C=O) groups excluding carboxylic acids is 1. The molecule has 2 heterocycles. The normalized spacial score (nSPS) is 14.3. The van der Waals surface area contributed by atoms with Crippen molar-refractivity contribution in [2.75, 3.05) is 63.1 Å². The molecule has 3 aromatic rings. The molecule has 0 radical (unpaired) electrons. The van der Waals surface area contributed by atoms with Crippen molar-refractivity contribution in [2.45, 2.75) is 20.3 Å². The second kappa shape index (κ2) is 14.5. The molecule has 1 aliphatic heterocycles. The van der Waals surface area contributed by atoms with E-state index in [2.05, 4.69) is 26.5 Å². The second-order valence-electron chi connectivity index (χ2n) is 9.58. The number of anilines is 3. The molecule has 2 aromatic carbocycles. The summed E-state index contributed by atoms with van der Waals surface area (Å²) in [6.07, 6.45) is 3.92. The summed E-state index contributed by atoms with van der Waals surface area (Å²) in [6.45, 7) is 9.28. The molecule has 1 amide bonds. The molecule has 0 atom stereocenters. The summed E-state index contributed by atoms with van der Waals surface area (Å²) < 4.78 is 5.87. The van der Waals surface area contributed by atoms with Crippen LogP contribution in [0.15, 0.2) is 42.5 Å². The number of aromatic nitrogens is 1. The van der Waals surface area contributed by atoms with E-state index < -0.39 is 0 Å². The lowest BCUT2D eigenvalue weighted by Crippen LogP contribution is -2.47. The quantitative estimate of drug-likeness (QED) is 0.258. The number of nitrogens with zero attached hydrogens (tertiary/aromatic N) is 4. The first-order valence-electron chi connectivity index (χ1n) is 13.7. The third-order valence-corrected chi connectivity index (χ3v) is 7.61. The van der Waals surface area contributed by atoms with Gasteiger partial charge in [0.2, 0.25) is 5.91 Å². The molecule has 0 aliphatic carbocycles. The number of halogens is 2. The van der Waals surface area contributed by atoms with Gasteiger partial charge in [0.1, 0.15) is 11.8 Å². The van der Waals surface area contributed by atoms with Crippen molar-refractivity contribution in [3.05, 3.63) is 63.8 Å². The van der Waals surface area contributed by atoms with Crippen LogP contribution >= 0.6 is 23.2 Å². The number of aryl methyl sites for hydroxylation is 1. The van der Waals surface area contributed by atoms with Crippen LogP contribution < -0.4 is 15.4 Å². The highest BCUT2D eigenvalue weighted by Crippen LogP contribution is 2.38. The predicted octanol–water partition coefficient (Wildman–Crippen LogP) is 5.22. The molecule has 1 aromatic heterocycles. The van der Waals surface area contributed by atoms with Gasteiger partial charge >= 0.3 is 0 Å². The first-order valence-corrected chi connectivity index (χ1v) is 14.4. The Hall–Kier alpha value is -3.39. The topological polar surface area (TPSA) is 114 Å². The Balaban J connectivity index is 1.62. The number of nitrogens with one attached hydrogen (secondary N) is 2. The minimum absolute atomic E-state index is 0.166. The van der Waals surface area contributed by atoms with E-state index in [1.165, 1.54) is 6.08 Å². The molecule has 0 unspecified atom stereocenters. The molecule has 216 valence electrons. The second-order valence-corrected chi connectivity index (χ2v) is 10.4. The fourth-order valence-corrected chi connectivity index (χ4v) is 5.06. The molecule has 0 saturated carbocycles. The molecule has 0 spiro atoms. The molecular weight excluding hydrogens is 563 g/mol. The van der Waals surface area contributed by atoms with Gasteiger partial charge in [0.15, 0.2) is 0 Å². The zero-order valence-corrected chi connectivity index (χ0v) is 24.7. The largest absolute Gasteiger partial charge is 0.492 e. The number of benzene rings is 2. The van der Waals surface area contributed by atoms with Crippen LogP contribution in [-0.2, 0) is 11.2 Å². The van der Waals surface area contributed by atoms with Crippen LogP contribution in [0, 0.1) is 11.3 Å². The fourth-order valence-electron chi connectivity index (χ4n) is 4.76. The molecule has 3 N–H and O–H groups in total. The van der Waals surface area contributed by atoms with Gasteiger partial charge in [0.25, 0.3) is 0 Å². The summed E-state index contributed by atoms with van der Waals surface area (Å²) in [4.78, 5) is 22.2. The smallest absolute Gasteiger partial charge is 0.248 e. The summed E-state index contributed by atoms with van der Waals surface area (Å²) in [5.41, 5.74) is 3.36. The number of ether oxygens (including phenoxy) is 1. The van der Waals surface area contributed by atoms with E-state index in [-0.39, 0.29) is 12.5 Å². The lowest BCUT2D eigenvalue weighted by molar-refractivity contribution is -0.111. The summed E-state index contributed by atoms with van der Waals surface area (Å²) in [5, 5.41) is 26.9. The number of piperazine rings is 1. The molecule has 1 aliphatic rings.